The summed E-state index contributed by atoms with van der Waals surface area (Å²) in [5.41, 5.74) is 0. The van der Waals surface area contributed by atoms with E-state index in [0.717, 1.165) is 0 Å². The van der Waals surface area contributed by atoms with Gasteiger partial charge in [0.05, 0.1) is 92.3 Å². The van der Waals surface area contributed by atoms with Gasteiger partial charge in [-0.15, -0.1) is 5.06 Å². The Morgan fingerprint density at radius 2 is 0.960 bits per heavy atom. The molecule has 1 heterocycles. The van der Waals surface area contributed by atoms with Crippen molar-refractivity contribution >= 4 is 35.3 Å². The lowest BCUT2D eigenvalue weighted by Gasteiger charge is -2.12. The minimum atomic E-state index is -0.715. The fourth-order valence-corrected chi connectivity index (χ4v) is 3.93. The van der Waals surface area contributed by atoms with Gasteiger partial charge in [-0.3, -0.25) is 24.0 Å². The molecule has 1 saturated heterocycles. The molecule has 0 unspecified atom stereocenters. The zero-order chi connectivity index (χ0) is 36.5. The highest BCUT2D eigenvalue weighted by Gasteiger charge is 2.32. The van der Waals surface area contributed by atoms with Crippen molar-refractivity contribution in [2.75, 3.05) is 112 Å². The van der Waals surface area contributed by atoms with Gasteiger partial charge < -0.3 is 48.0 Å². The van der Waals surface area contributed by atoms with Crippen LogP contribution in [0.25, 0.3) is 0 Å². The van der Waals surface area contributed by atoms with Crippen LogP contribution in [0.15, 0.2) is 0 Å². The molecule has 0 aromatic heterocycles. The van der Waals surface area contributed by atoms with E-state index in [1.165, 1.54) is 6.92 Å². The Labute approximate surface area is 294 Å². The maximum atomic E-state index is 12.0. The molecule has 1 aliphatic heterocycles. The van der Waals surface area contributed by atoms with E-state index in [1.54, 1.807) is 0 Å². The molecular formula is C33H56N2O15. The topological polar surface area (TPSA) is 201 Å². The molecule has 0 aromatic rings. The van der Waals surface area contributed by atoms with Crippen molar-refractivity contribution in [3.8, 4) is 0 Å². The van der Waals surface area contributed by atoms with Crippen molar-refractivity contribution in [3.05, 3.63) is 0 Å². The summed E-state index contributed by atoms with van der Waals surface area (Å²) >= 11 is 0. The first kappa shape index (κ1) is 45.1. The second kappa shape index (κ2) is 32.0. The number of hydrogen-bond donors (Lipinski definition) is 1. The summed E-state index contributed by atoms with van der Waals surface area (Å²) in [5.74, 6) is -1.67. The number of hydroxylamine groups is 2. The molecule has 17 nitrogen and oxygen atoms in total. The SMILES string of the molecule is CC(=O)CCOCCOCCOCCNC(=O)CCOCCCOCCC(=O)CCCOCCOCCOCCC(=O)ON1C(=O)CCC1=O. The molecule has 1 fully saturated rings. The van der Waals surface area contributed by atoms with Gasteiger partial charge >= 0.3 is 5.97 Å². The molecule has 0 bridgehead atoms. The Kier molecular flexibility index (Phi) is 28.9. The second-order valence-electron chi connectivity index (χ2n) is 11.0. The molecule has 1 N–H and O–H groups in total. The highest BCUT2D eigenvalue weighted by molar-refractivity contribution is 6.01. The van der Waals surface area contributed by atoms with Crippen LogP contribution in [0.3, 0.4) is 0 Å². The molecule has 0 spiro atoms. The van der Waals surface area contributed by atoms with Crippen molar-refractivity contribution in [2.45, 2.75) is 64.7 Å². The first-order valence-corrected chi connectivity index (χ1v) is 17.3. The molecule has 0 aromatic carbocycles. The third kappa shape index (κ3) is 27.9. The van der Waals surface area contributed by atoms with E-state index in [9.17, 15) is 28.8 Å². The predicted octanol–water partition coefficient (Wildman–Crippen LogP) is 0.731. The van der Waals surface area contributed by atoms with Crippen molar-refractivity contribution in [3.63, 3.8) is 0 Å². The van der Waals surface area contributed by atoms with Crippen molar-refractivity contribution in [1.82, 2.24) is 10.4 Å². The third-order valence-corrected chi connectivity index (χ3v) is 6.62. The molecule has 1 aliphatic rings. The maximum Gasteiger partial charge on any atom is 0.335 e. The number of ether oxygens (including phenoxy) is 8. The highest BCUT2D eigenvalue weighted by Crippen LogP contribution is 2.12. The summed E-state index contributed by atoms with van der Waals surface area (Å²) in [6.45, 7) is 7.85. The molecule has 17 heteroatoms. The van der Waals surface area contributed by atoms with Crippen LogP contribution in [-0.4, -0.2) is 153 Å². The van der Waals surface area contributed by atoms with Gasteiger partial charge in [0.25, 0.3) is 11.8 Å². The van der Waals surface area contributed by atoms with E-state index < -0.39 is 17.8 Å². The monoisotopic (exact) mass is 720 g/mol. The molecule has 3 amide bonds. The smallest absolute Gasteiger partial charge is 0.335 e. The second-order valence-corrected chi connectivity index (χ2v) is 11.0. The third-order valence-electron chi connectivity index (χ3n) is 6.62. The number of hydrogen-bond acceptors (Lipinski definition) is 15. The number of carbonyl (C=O) groups excluding carboxylic acids is 6. The van der Waals surface area contributed by atoms with Gasteiger partial charge in [0.15, 0.2) is 0 Å². The zero-order valence-corrected chi connectivity index (χ0v) is 29.5. The van der Waals surface area contributed by atoms with E-state index >= 15 is 0 Å². The van der Waals surface area contributed by atoms with Crippen LogP contribution in [0, 0.1) is 0 Å². The van der Waals surface area contributed by atoms with E-state index in [-0.39, 0.29) is 56.4 Å². The Hall–Kier alpha value is -2.90. The molecule has 50 heavy (non-hydrogen) atoms. The van der Waals surface area contributed by atoms with Crippen molar-refractivity contribution in [1.29, 1.82) is 0 Å². The van der Waals surface area contributed by atoms with Gasteiger partial charge in [-0.25, -0.2) is 4.79 Å². The van der Waals surface area contributed by atoms with Gasteiger partial charge in [0, 0.05) is 64.9 Å². The lowest BCUT2D eigenvalue weighted by atomic mass is 10.2. The molecule has 288 valence electrons. The van der Waals surface area contributed by atoms with Crippen LogP contribution < -0.4 is 5.32 Å². The Morgan fingerprint density at radius 1 is 0.520 bits per heavy atom. The van der Waals surface area contributed by atoms with Gasteiger partial charge in [-0.1, -0.05) is 0 Å². The summed E-state index contributed by atoms with van der Waals surface area (Å²) in [4.78, 5) is 73.8. The number of imide groups is 1. The van der Waals surface area contributed by atoms with E-state index in [2.05, 4.69) is 5.32 Å². The van der Waals surface area contributed by atoms with Crippen LogP contribution >= 0.6 is 0 Å². The number of rotatable bonds is 36. The van der Waals surface area contributed by atoms with Gasteiger partial charge in [-0.2, -0.15) is 0 Å². The van der Waals surface area contributed by atoms with E-state index in [0.29, 0.717) is 136 Å². The number of ketones is 2. The molecule has 0 saturated carbocycles. The number of Topliss-reactive ketones (excluding diaryl/α,β-unsaturated/α-hetero) is 2. The Balaban J connectivity index is 1.74. The zero-order valence-electron chi connectivity index (χ0n) is 29.5. The Bertz CT molecular complexity index is 949. The number of carbonyl (C=O) groups is 6. The van der Waals surface area contributed by atoms with E-state index in [4.69, 9.17) is 42.7 Å². The lowest BCUT2D eigenvalue weighted by Crippen LogP contribution is -2.32. The number of amides is 3. The molecule has 0 aliphatic carbocycles. The average Bonchev–Trinajstić information content (AvgIpc) is 3.40. The quantitative estimate of drug-likeness (QED) is 0.0701. The number of nitrogens with zero attached hydrogens (tertiary/aromatic N) is 1. The minimum absolute atomic E-state index is 0.0471. The van der Waals surface area contributed by atoms with Gasteiger partial charge in [0.1, 0.15) is 11.6 Å². The van der Waals surface area contributed by atoms with Gasteiger partial charge in [-0.05, 0) is 19.8 Å². The average molecular weight is 721 g/mol. The predicted molar refractivity (Wildman–Crippen MR) is 175 cm³/mol. The van der Waals surface area contributed by atoms with Crippen LogP contribution in [0.2, 0.25) is 0 Å². The molecule has 0 atom stereocenters. The largest absolute Gasteiger partial charge is 0.381 e. The summed E-state index contributed by atoms with van der Waals surface area (Å²) in [5, 5.41) is 3.27. The van der Waals surface area contributed by atoms with Crippen molar-refractivity contribution < 1.29 is 71.5 Å². The van der Waals surface area contributed by atoms with Crippen LogP contribution in [-0.2, 0) is 71.5 Å². The van der Waals surface area contributed by atoms with Crippen molar-refractivity contribution in [2.24, 2.45) is 0 Å². The minimum Gasteiger partial charge on any atom is -0.381 e. The highest BCUT2D eigenvalue weighted by atomic mass is 16.7. The molecule has 0 radical (unpaired) electrons. The lowest BCUT2D eigenvalue weighted by molar-refractivity contribution is -0.198. The molecule has 1 rings (SSSR count). The fourth-order valence-electron chi connectivity index (χ4n) is 3.93. The summed E-state index contributed by atoms with van der Waals surface area (Å²) in [6.07, 6.45) is 2.69. The van der Waals surface area contributed by atoms with Crippen LogP contribution in [0.4, 0.5) is 0 Å². The fraction of sp³-hybridized carbons (Fsp3) is 0.818. The number of nitrogens with one attached hydrogen (secondary N) is 1. The van der Waals surface area contributed by atoms with Crippen LogP contribution in [0.5, 0.6) is 0 Å². The van der Waals surface area contributed by atoms with Crippen LogP contribution in [0.1, 0.15) is 64.7 Å². The Morgan fingerprint density at radius 3 is 1.54 bits per heavy atom. The van der Waals surface area contributed by atoms with E-state index in [1.807, 2.05) is 0 Å². The summed E-state index contributed by atoms with van der Waals surface area (Å²) in [6, 6.07) is 0. The maximum absolute atomic E-state index is 12.0. The van der Waals surface area contributed by atoms with Gasteiger partial charge in [0.2, 0.25) is 5.91 Å². The molecular weight excluding hydrogens is 664 g/mol. The first-order valence-electron chi connectivity index (χ1n) is 17.3. The summed E-state index contributed by atoms with van der Waals surface area (Å²) < 4.78 is 43.1. The standard InChI is InChI=1S/C33H56N2O15/c1-28(36)7-15-45-21-25-49-27-23-47-19-11-34-30(38)9-17-43-14-3-13-42-16-8-29(37)4-2-12-44-20-24-48-26-22-46-18-10-33(41)50-35-31(39)5-6-32(35)40/h2-27H2,1H3,(H,34,38). The summed E-state index contributed by atoms with van der Waals surface area (Å²) in [7, 11) is 0. The first-order chi connectivity index (χ1) is 24.3. The normalized spacial score (nSPS) is 12.9.